The number of carbonyl (C=O) groups excluding carboxylic acids is 1. The van der Waals surface area contributed by atoms with Crippen LogP contribution < -0.4 is 5.32 Å². The molecule has 1 aromatic heterocycles. The van der Waals surface area contributed by atoms with E-state index in [1.165, 1.54) is 6.20 Å². The largest absolute Gasteiger partial charge is 0.320 e. The summed E-state index contributed by atoms with van der Waals surface area (Å²) >= 11 is 12.1. The van der Waals surface area contributed by atoms with E-state index in [0.717, 1.165) is 11.3 Å². The van der Waals surface area contributed by atoms with Gasteiger partial charge in [0.05, 0.1) is 21.3 Å². The lowest BCUT2D eigenvalue weighted by Crippen LogP contribution is -2.14. The molecule has 1 N–H and O–H groups in total. The predicted octanol–water partition coefficient (Wildman–Crippen LogP) is 4.26. The van der Waals surface area contributed by atoms with E-state index >= 15 is 0 Å². The molecule has 0 atom stereocenters. The third-order valence-electron chi connectivity index (χ3n) is 2.70. The molecule has 5 heteroatoms. The van der Waals surface area contributed by atoms with Gasteiger partial charge in [-0.25, -0.2) is 0 Å². The van der Waals surface area contributed by atoms with Crippen LogP contribution in [0.4, 0.5) is 5.69 Å². The maximum atomic E-state index is 12.2. The molecule has 2 aromatic rings. The Morgan fingerprint density at radius 2 is 1.95 bits per heavy atom. The molecule has 0 unspecified atom stereocenters. The number of carbonyl (C=O) groups is 1. The van der Waals surface area contributed by atoms with Crippen molar-refractivity contribution in [2.75, 3.05) is 5.32 Å². The van der Waals surface area contributed by atoms with Crippen molar-refractivity contribution in [3.8, 4) is 0 Å². The van der Waals surface area contributed by atoms with E-state index in [-0.39, 0.29) is 5.91 Å². The lowest BCUT2D eigenvalue weighted by molar-refractivity contribution is 0.102. The van der Waals surface area contributed by atoms with Crippen molar-refractivity contribution in [3.63, 3.8) is 0 Å². The zero-order chi connectivity index (χ0) is 14.0. The molecular weight excluding hydrogens is 283 g/mol. The number of hydrogen-bond acceptors (Lipinski definition) is 2. The molecule has 0 saturated carbocycles. The van der Waals surface area contributed by atoms with Gasteiger partial charge in [-0.2, -0.15) is 0 Å². The number of anilines is 1. The maximum absolute atomic E-state index is 12.2. The molecule has 0 aliphatic heterocycles. The van der Waals surface area contributed by atoms with Crippen molar-refractivity contribution in [2.24, 2.45) is 0 Å². The second-order valence-electron chi connectivity index (χ2n) is 4.19. The second-order valence-corrected chi connectivity index (χ2v) is 5.01. The summed E-state index contributed by atoms with van der Waals surface area (Å²) in [6.07, 6.45) is 1.46. The van der Waals surface area contributed by atoms with Gasteiger partial charge in [0.1, 0.15) is 0 Å². The lowest BCUT2D eigenvalue weighted by Gasteiger charge is -2.11. The molecule has 0 spiro atoms. The first-order valence-electron chi connectivity index (χ1n) is 5.67. The van der Waals surface area contributed by atoms with Crippen molar-refractivity contribution >= 4 is 34.8 Å². The molecule has 0 radical (unpaired) electrons. The summed E-state index contributed by atoms with van der Waals surface area (Å²) in [6, 6.07) is 7.07. The maximum Gasteiger partial charge on any atom is 0.258 e. The minimum atomic E-state index is -0.325. The Balaban J connectivity index is 2.31. The van der Waals surface area contributed by atoms with Crippen LogP contribution >= 0.6 is 23.2 Å². The van der Waals surface area contributed by atoms with Gasteiger partial charge in [0.25, 0.3) is 5.91 Å². The fourth-order valence-corrected chi connectivity index (χ4v) is 2.23. The molecule has 3 nitrogen and oxygen atoms in total. The number of rotatable bonds is 2. The van der Waals surface area contributed by atoms with E-state index in [0.29, 0.717) is 21.3 Å². The first-order chi connectivity index (χ1) is 8.99. The van der Waals surface area contributed by atoms with Gasteiger partial charge in [-0.15, -0.1) is 0 Å². The molecule has 0 aliphatic rings. The van der Waals surface area contributed by atoms with Crippen LogP contribution in [0.25, 0.3) is 0 Å². The number of nitrogens with zero attached hydrogens (tertiary/aromatic N) is 1. The molecule has 0 saturated heterocycles. The average Bonchev–Trinajstić information content (AvgIpc) is 2.33. The molecule has 1 heterocycles. The molecule has 19 heavy (non-hydrogen) atoms. The lowest BCUT2D eigenvalue weighted by atomic mass is 10.2. The SMILES string of the molecule is Cc1cc(Cl)c(C(=O)Nc2c(C)cccc2Cl)cn1. The third kappa shape index (κ3) is 3.06. The summed E-state index contributed by atoms with van der Waals surface area (Å²) in [4.78, 5) is 16.2. The van der Waals surface area contributed by atoms with Crippen LogP contribution in [0.5, 0.6) is 0 Å². The third-order valence-corrected chi connectivity index (χ3v) is 3.32. The highest BCUT2D eigenvalue weighted by molar-refractivity contribution is 6.36. The van der Waals surface area contributed by atoms with Gasteiger partial charge in [0.15, 0.2) is 0 Å². The van der Waals surface area contributed by atoms with Gasteiger partial charge in [-0.1, -0.05) is 35.3 Å². The summed E-state index contributed by atoms with van der Waals surface area (Å²) in [6.45, 7) is 3.68. The Bertz CT molecular complexity index is 621. The zero-order valence-corrected chi connectivity index (χ0v) is 12.0. The van der Waals surface area contributed by atoms with Gasteiger partial charge >= 0.3 is 0 Å². The molecule has 1 aromatic carbocycles. The predicted molar refractivity (Wildman–Crippen MR) is 78.1 cm³/mol. The smallest absolute Gasteiger partial charge is 0.258 e. The topological polar surface area (TPSA) is 42.0 Å². The van der Waals surface area contributed by atoms with Crippen molar-refractivity contribution < 1.29 is 4.79 Å². The summed E-state index contributed by atoms with van der Waals surface area (Å²) < 4.78 is 0. The van der Waals surface area contributed by atoms with Gasteiger partial charge in [-0.3, -0.25) is 9.78 Å². The van der Waals surface area contributed by atoms with E-state index in [1.54, 1.807) is 12.1 Å². The molecule has 2 rings (SSSR count). The van der Waals surface area contributed by atoms with E-state index in [9.17, 15) is 4.79 Å². The number of hydrogen-bond donors (Lipinski definition) is 1. The van der Waals surface area contributed by atoms with E-state index in [4.69, 9.17) is 23.2 Å². The zero-order valence-electron chi connectivity index (χ0n) is 10.5. The highest BCUT2D eigenvalue weighted by Gasteiger charge is 2.14. The van der Waals surface area contributed by atoms with Crippen LogP contribution in [-0.4, -0.2) is 10.9 Å². The molecule has 98 valence electrons. The standard InChI is InChI=1S/C14H12Cl2N2O/c1-8-4-3-5-11(15)13(8)18-14(19)10-7-17-9(2)6-12(10)16/h3-7H,1-2H3,(H,18,19). The summed E-state index contributed by atoms with van der Waals surface area (Å²) in [7, 11) is 0. The number of pyridine rings is 1. The Morgan fingerprint density at radius 3 is 2.58 bits per heavy atom. The Labute approximate surface area is 121 Å². The summed E-state index contributed by atoms with van der Waals surface area (Å²) in [5, 5.41) is 3.62. The number of para-hydroxylation sites is 1. The summed E-state index contributed by atoms with van der Waals surface area (Å²) in [5.41, 5.74) is 2.56. The number of nitrogens with one attached hydrogen (secondary N) is 1. The molecular formula is C14H12Cl2N2O. The Kier molecular flexibility index (Phi) is 4.08. The fraction of sp³-hybridized carbons (Fsp3) is 0.143. The average molecular weight is 295 g/mol. The summed E-state index contributed by atoms with van der Waals surface area (Å²) in [5.74, 6) is -0.325. The molecule has 0 fully saturated rings. The normalized spacial score (nSPS) is 10.3. The number of halogens is 2. The van der Waals surface area contributed by atoms with Gasteiger partial charge in [0.2, 0.25) is 0 Å². The minimum absolute atomic E-state index is 0.325. The van der Waals surface area contributed by atoms with Crippen molar-refractivity contribution in [2.45, 2.75) is 13.8 Å². The van der Waals surface area contributed by atoms with Gasteiger partial charge in [0, 0.05) is 11.9 Å². The van der Waals surface area contributed by atoms with Crippen LogP contribution in [0, 0.1) is 13.8 Å². The van der Waals surface area contributed by atoms with E-state index in [1.807, 2.05) is 26.0 Å². The van der Waals surface area contributed by atoms with Crippen molar-refractivity contribution in [1.82, 2.24) is 4.98 Å². The number of benzene rings is 1. The Morgan fingerprint density at radius 1 is 1.21 bits per heavy atom. The van der Waals surface area contributed by atoms with Crippen LogP contribution in [-0.2, 0) is 0 Å². The fourth-order valence-electron chi connectivity index (χ4n) is 1.66. The van der Waals surface area contributed by atoms with Crippen LogP contribution in [0.2, 0.25) is 10.0 Å². The highest BCUT2D eigenvalue weighted by Crippen LogP contribution is 2.26. The minimum Gasteiger partial charge on any atom is -0.320 e. The number of amides is 1. The van der Waals surface area contributed by atoms with Crippen molar-refractivity contribution in [3.05, 3.63) is 57.3 Å². The van der Waals surface area contributed by atoms with E-state index in [2.05, 4.69) is 10.3 Å². The number of aromatic nitrogens is 1. The first kappa shape index (κ1) is 13.8. The quantitative estimate of drug-likeness (QED) is 0.899. The van der Waals surface area contributed by atoms with Crippen LogP contribution in [0.15, 0.2) is 30.5 Å². The van der Waals surface area contributed by atoms with Gasteiger partial charge < -0.3 is 5.32 Å². The Hall–Kier alpha value is -1.58. The van der Waals surface area contributed by atoms with Crippen molar-refractivity contribution in [1.29, 1.82) is 0 Å². The molecule has 1 amide bonds. The molecule has 0 bridgehead atoms. The highest BCUT2D eigenvalue weighted by atomic mass is 35.5. The first-order valence-corrected chi connectivity index (χ1v) is 6.43. The van der Waals surface area contributed by atoms with E-state index < -0.39 is 0 Å². The second kappa shape index (κ2) is 5.59. The molecule has 0 aliphatic carbocycles. The van der Waals surface area contributed by atoms with Crippen LogP contribution in [0.3, 0.4) is 0 Å². The van der Waals surface area contributed by atoms with Crippen LogP contribution in [0.1, 0.15) is 21.6 Å². The monoisotopic (exact) mass is 294 g/mol. The number of aryl methyl sites for hydroxylation is 2. The van der Waals surface area contributed by atoms with Gasteiger partial charge in [-0.05, 0) is 31.5 Å².